The molecule has 4 heteroatoms. The summed E-state index contributed by atoms with van der Waals surface area (Å²) in [7, 11) is 0. The van der Waals surface area contributed by atoms with Crippen LogP contribution < -0.4 is 14.8 Å². The van der Waals surface area contributed by atoms with Gasteiger partial charge in [-0.25, -0.2) is 0 Å². The Hall–Kier alpha value is -2.20. The van der Waals surface area contributed by atoms with Crippen LogP contribution in [0.1, 0.15) is 30.5 Å². The van der Waals surface area contributed by atoms with Crippen LogP contribution in [0.5, 0.6) is 11.5 Å². The number of aliphatic hydroxyl groups is 1. The SMILES string of the molecule is CCOc1cc2c(cc1NCc1ccc(CO)cc1)OC(C)C2. The van der Waals surface area contributed by atoms with Gasteiger partial charge in [0.25, 0.3) is 0 Å². The van der Waals surface area contributed by atoms with Gasteiger partial charge in [-0.15, -0.1) is 0 Å². The normalized spacial score (nSPS) is 15.9. The number of aliphatic hydroxyl groups excluding tert-OH is 1. The van der Waals surface area contributed by atoms with Crippen LogP contribution in [0.25, 0.3) is 0 Å². The van der Waals surface area contributed by atoms with Crippen molar-refractivity contribution in [3.8, 4) is 11.5 Å². The Bertz CT molecular complexity index is 667. The summed E-state index contributed by atoms with van der Waals surface area (Å²) < 4.78 is 11.6. The molecule has 1 aliphatic heterocycles. The number of rotatable bonds is 6. The first-order valence-corrected chi connectivity index (χ1v) is 8.08. The van der Waals surface area contributed by atoms with Crippen molar-refractivity contribution in [3.05, 3.63) is 53.1 Å². The minimum atomic E-state index is 0.0720. The molecule has 0 bridgehead atoms. The molecule has 1 aliphatic rings. The van der Waals surface area contributed by atoms with Gasteiger partial charge in [0.1, 0.15) is 17.6 Å². The van der Waals surface area contributed by atoms with Crippen LogP contribution >= 0.6 is 0 Å². The van der Waals surface area contributed by atoms with Gasteiger partial charge in [0, 0.05) is 24.6 Å². The van der Waals surface area contributed by atoms with Crippen LogP contribution in [0.3, 0.4) is 0 Å². The average Bonchev–Trinajstić information content (AvgIpc) is 2.92. The van der Waals surface area contributed by atoms with Gasteiger partial charge in [-0.05, 0) is 31.0 Å². The highest BCUT2D eigenvalue weighted by Crippen LogP contribution is 2.38. The molecule has 0 saturated heterocycles. The largest absolute Gasteiger partial charge is 0.492 e. The van der Waals surface area contributed by atoms with Gasteiger partial charge in [-0.2, -0.15) is 0 Å². The minimum Gasteiger partial charge on any atom is -0.492 e. The number of benzene rings is 2. The summed E-state index contributed by atoms with van der Waals surface area (Å²) in [5.41, 5.74) is 4.23. The molecule has 3 rings (SSSR count). The van der Waals surface area contributed by atoms with Crippen LogP contribution in [0.2, 0.25) is 0 Å². The molecule has 0 spiro atoms. The van der Waals surface area contributed by atoms with E-state index in [1.165, 1.54) is 5.56 Å². The lowest BCUT2D eigenvalue weighted by Crippen LogP contribution is -2.05. The number of hydrogen-bond donors (Lipinski definition) is 2. The van der Waals surface area contributed by atoms with E-state index in [0.717, 1.165) is 34.7 Å². The fourth-order valence-corrected chi connectivity index (χ4v) is 2.81. The van der Waals surface area contributed by atoms with Crippen LogP contribution in [0.4, 0.5) is 5.69 Å². The van der Waals surface area contributed by atoms with Gasteiger partial charge in [0.05, 0.1) is 18.9 Å². The third kappa shape index (κ3) is 3.59. The Balaban J connectivity index is 1.76. The maximum Gasteiger partial charge on any atom is 0.142 e. The molecular weight excluding hydrogens is 290 g/mol. The minimum absolute atomic E-state index is 0.0720. The van der Waals surface area contributed by atoms with Crippen molar-refractivity contribution >= 4 is 5.69 Å². The molecule has 0 aliphatic carbocycles. The quantitative estimate of drug-likeness (QED) is 0.857. The lowest BCUT2D eigenvalue weighted by Gasteiger charge is -2.14. The van der Waals surface area contributed by atoms with Gasteiger partial charge in [0.15, 0.2) is 0 Å². The van der Waals surface area contributed by atoms with Gasteiger partial charge < -0.3 is 19.9 Å². The van der Waals surface area contributed by atoms with Gasteiger partial charge in [0.2, 0.25) is 0 Å². The zero-order valence-corrected chi connectivity index (χ0v) is 13.6. The van der Waals surface area contributed by atoms with E-state index in [1.807, 2.05) is 37.3 Å². The number of anilines is 1. The molecule has 0 fully saturated rings. The molecule has 4 nitrogen and oxygen atoms in total. The molecule has 0 aromatic heterocycles. The van der Waals surface area contributed by atoms with Crippen molar-refractivity contribution in [2.75, 3.05) is 11.9 Å². The molecular formula is C19H23NO3. The number of fused-ring (bicyclic) bond motifs is 1. The smallest absolute Gasteiger partial charge is 0.142 e. The first-order valence-electron chi connectivity index (χ1n) is 8.08. The van der Waals surface area contributed by atoms with Crippen molar-refractivity contribution in [3.63, 3.8) is 0 Å². The second-order valence-corrected chi connectivity index (χ2v) is 5.85. The van der Waals surface area contributed by atoms with Crippen molar-refractivity contribution in [1.82, 2.24) is 0 Å². The summed E-state index contributed by atoms with van der Waals surface area (Å²) in [6, 6.07) is 12.0. The predicted molar refractivity (Wildman–Crippen MR) is 91.1 cm³/mol. The Morgan fingerprint density at radius 1 is 1.22 bits per heavy atom. The van der Waals surface area contributed by atoms with Crippen molar-refractivity contribution < 1.29 is 14.6 Å². The third-order valence-electron chi connectivity index (χ3n) is 3.99. The predicted octanol–water partition coefficient (Wildman–Crippen LogP) is 3.51. The molecule has 0 amide bonds. The second-order valence-electron chi connectivity index (χ2n) is 5.85. The molecule has 2 N–H and O–H groups in total. The van der Waals surface area contributed by atoms with Crippen molar-refractivity contribution in [2.45, 2.75) is 39.5 Å². The van der Waals surface area contributed by atoms with E-state index in [2.05, 4.69) is 18.3 Å². The molecule has 0 radical (unpaired) electrons. The van der Waals surface area contributed by atoms with Gasteiger partial charge >= 0.3 is 0 Å². The fraction of sp³-hybridized carbons (Fsp3) is 0.368. The van der Waals surface area contributed by atoms with E-state index in [4.69, 9.17) is 14.6 Å². The first kappa shape index (κ1) is 15.7. The molecule has 1 unspecified atom stereocenters. The Morgan fingerprint density at radius 2 is 1.96 bits per heavy atom. The molecule has 0 saturated carbocycles. The van der Waals surface area contributed by atoms with Crippen LogP contribution in [-0.4, -0.2) is 17.8 Å². The standard InChI is InChI=1S/C19H23NO3/c1-3-22-19-9-16-8-13(2)23-18(16)10-17(19)20-11-14-4-6-15(12-21)7-5-14/h4-7,9-10,13,20-21H,3,8,11-12H2,1-2H3. The number of nitrogens with one attached hydrogen (secondary N) is 1. The Labute approximate surface area is 137 Å². The summed E-state index contributed by atoms with van der Waals surface area (Å²) in [5.74, 6) is 1.81. The lowest BCUT2D eigenvalue weighted by atomic mass is 10.1. The third-order valence-corrected chi connectivity index (χ3v) is 3.99. The highest BCUT2D eigenvalue weighted by atomic mass is 16.5. The molecule has 1 atom stereocenters. The summed E-state index contributed by atoms with van der Waals surface area (Å²) in [6.07, 6.45) is 1.15. The zero-order chi connectivity index (χ0) is 16.2. The van der Waals surface area contributed by atoms with Crippen LogP contribution in [0, 0.1) is 0 Å². The Morgan fingerprint density at radius 3 is 2.65 bits per heavy atom. The summed E-state index contributed by atoms with van der Waals surface area (Å²) in [5, 5.41) is 12.5. The highest BCUT2D eigenvalue weighted by molar-refractivity contribution is 5.63. The van der Waals surface area contributed by atoms with Crippen LogP contribution in [0.15, 0.2) is 36.4 Å². The van der Waals surface area contributed by atoms with Crippen molar-refractivity contribution in [1.29, 1.82) is 0 Å². The summed E-state index contributed by atoms with van der Waals surface area (Å²) >= 11 is 0. The molecule has 23 heavy (non-hydrogen) atoms. The van der Waals surface area contributed by atoms with Crippen molar-refractivity contribution in [2.24, 2.45) is 0 Å². The summed E-state index contributed by atoms with van der Waals surface area (Å²) in [4.78, 5) is 0. The van der Waals surface area contributed by atoms with Gasteiger partial charge in [-0.1, -0.05) is 24.3 Å². The van der Waals surface area contributed by atoms with E-state index in [1.54, 1.807) is 0 Å². The first-order chi connectivity index (χ1) is 11.2. The van der Waals surface area contributed by atoms with Gasteiger partial charge in [-0.3, -0.25) is 0 Å². The monoisotopic (exact) mass is 313 g/mol. The van der Waals surface area contributed by atoms with Crippen LogP contribution in [-0.2, 0) is 19.6 Å². The molecule has 1 heterocycles. The van der Waals surface area contributed by atoms with E-state index in [0.29, 0.717) is 13.2 Å². The highest BCUT2D eigenvalue weighted by Gasteiger charge is 2.21. The fourth-order valence-electron chi connectivity index (χ4n) is 2.81. The van der Waals surface area contributed by atoms with E-state index >= 15 is 0 Å². The lowest BCUT2D eigenvalue weighted by molar-refractivity contribution is 0.254. The van der Waals surface area contributed by atoms with E-state index < -0.39 is 0 Å². The Kier molecular flexibility index (Phi) is 4.72. The van der Waals surface area contributed by atoms with E-state index in [-0.39, 0.29) is 12.7 Å². The molecule has 122 valence electrons. The number of ether oxygens (including phenoxy) is 2. The zero-order valence-electron chi connectivity index (χ0n) is 13.6. The van der Waals surface area contributed by atoms with E-state index in [9.17, 15) is 0 Å². The molecule has 2 aromatic rings. The maximum absolute atomic E-state index is 9.10. The topological polar surface area (TPSA) is 50.7 Å². The number of hydrogen-bond acceptors (Lipinski definition) is 4. The summed E-state index contributed by atoms with van der Waals surface area (Å²) in [6.45, 7) is 5.47. The maximum atomic E-state index is 9.10. The second kappa shape index (κ2) is 6.92. The molecule has 2 aromatic carbocycles. The average molecular weight is 313 g/mol.